The van der Waals surface area contributed by atoms with Crippen LogP contribution in [0.5, 0.6) is 5.75 Å². The maximum atomic E-state index is 13.3. The molecule has 3 aromatic rings. The van der Waals surface area contributed by atoms with Gasteiger partial charge in [0.1, 0.15) is 17.6 Å². The number of nitrogens with one attached hydrogen (secondary N) is 1. The summed E-state index contributed by atoms with van der Waals surface area (Å²) in [6.07, 6.45) is 0.169. The van der Waals surface area contributed by atoms with Crippen LogP contribution in [0.1, 0.15) is 18.1 Å². The Morgan fingerprint density at radius 3 is 2.19 bits per heavy atom. The van der Waals surface area contributed by atoms with Gasteiger partial charge in [0.2, 0.25) is 11.8 Å². The Labute approximate surface area is 181 Å². The van der Waals surface area contributed by atoms with Crippen molar-refractivity contribution in [3.8, 4) is 5.75 Å². The number of carbonyl (C=O) groups excluding carboxylic acids is 2. The zero-order chi connectivity index (χ0) is 22.2. The fourth-order valence-electron chi connectivity index (χ4n) is 3.16. The molecule has 31 heavy (non-hydrogen) atoms. The molecule has 3 aromatic carbocycles. The molecule has 6 heteroatoms. The third-order valence-corrected chi connectivity index (χ3v) is 4.99. The molecule has 0 radical (unpaired) electrons. The first-order chi connectivity index (χ1) is 15.0. The van der Waals surface area contributed by atoms with Crippen LogP contribution in [-0.2, 0) is 22.6 Å². The largest absolute Gasteiger partial charge is 0.497 e. The Morgan fingerprint density at radius 2 is 1.58 bits per heavy atom. The zero-order valence-electron chi connectivity index (χ0n) is 17.5. The first kappa shape index (κ1) is 22.0. The van der Waals surface area contributed by atoms with E-state index in [4.69, 9.17) is 4.74 Å². The molecule has 0 aliphatic carbocycles. The van der Waals surface area contributed by atoms with Gasteiger partial charge < -0.3 is 15.0 Å². The van der Waals surface area contributed by atoms with Gasteiger partial charge in [0, 0.05) is 12.2 Å². The first-order valence-electron chi connectivity index (χ1n) is 9.99. The van der Waals surface area contributed by atoms with Crippen molar-refractivity contribution in [2.24, 2.45) is 0 Å². The van der Waals surface area contributed by atoms with E-state index in [1.54, 1.807) is 50.4 Å². The highest BCUT2D eigenvalue weighted by Gasteiger charge is 2.26. The molecule has 1 unspecified atom stereocenters. The van der Waals surface area contributed by atoms with E-state index in [1.165, 1.54) is 17.0 Å². The maximum Gasteiger partial charge on any atom is 0.246 e. The number of benzene rings is 3. The van der Waals surface area contributed by atoms with Crippen LogP contribution in [0.4, 0.5) is 10.1 Å². The molecule has 0 saturated carbocycles. The number of carbonyl (C=O) groups is 2. The maximum absolute atomic E-state index is 13.3. The Morgan fingerprint density at radius 1 is 0.935 bits per heavy atom. The summed E-state index contributed by atoms with van der Waals surface area (Å²) >= 11 is 0. The van der Waals surface area contributed by atoms with Gasteiger partial charge in [0.25, 0.3) is 0 Å². The number of hydrogen-bond donors (Lipinski definition) is 1. The van der Waals surface area contributed by atoms with E-state index in [1.807, 2.05) is 30.3 Å². The summed E-state index contributed by atoms with van der Waals surface area (Å²) in [4.78, 5) is 27.5. The minimum atomic E-state index is -0.733. The minimum Gasteiger partial charge on any atom is -0.497 e. The fourth-order valence-corrected chi connectivity index (χ4v) is 3.16. The summed E-state index contributed by atoms with van der Waals surface area (Å²) < 4.78 is 18.4. The molecular weight excluding hydrogens is 395 g/mol. The van der Waals surface area contributed by atoms with E-state index in [0.29, 0.717) is 11.4 Å². The standard InChI is InChI=1S/C25H25FN2O3/c1-18(25(30)27-22-12-14-23(31-2)15-13-22)28(17-20-8-10-21(26)11-9-20)24(29)16-19-6-4-3-5-7-19/h3-15,18H,16-17H2,1-2H3,(H,27,30). The van der Waals surface area contributed by atoms with Crippen molar-refractivity contribution in [1.29, 1.82) is 0 Å². The van der Waals surface area contributed by atoms with Gasteiger partial charge in [-0.1, -0.05) is 42.5 Å². The molecular formula is C25H25FN2O3. The summed E-state index contributed by atoms with van der Waals surface area (Å²) in [6.45, 7) is 1.88. The van der Waals surface area contributed by atoms with Crippen LogP contribution in [-0.4, -0.2) is 29.9 Å². The highest BCUT2D eigenvalue weighted by Crippen LogP contribution is 2.17. The number of rotatable bonds is 8. The van der Waals surface area contributed by atoms with Crippen LogP contribution in [0.3, 0.4) is 0 Å². The molecule has 0 bridgehead atoms. The molecule has 0 saturated heterocycles. The Balaban J connectivity index is 1.77. The van der Waals surface area contributed by atoms with Gasteiger partial charge in [-0.15, -0.1) is 0 Å². The average Bonchev–Trinajstić information content (AvgIpc) is 2.79. The van der Waals surface area contributed by atoms with Crippen molar-refractivity contribution in [3.05, 3.63) is 95.8 Å². The summed E-state index contributed by atoms with van der Waals surface area (Å²) in [5.41, 5.74) is 2.21. The van der Waals surface area contributed by atoms with Crippen LogP contribution in [0.2, 0.25) is 0 Å². The summed E-state index contributed by atoms with van der Waals surface area (Å²) in [5.74, 6) is -0.167. The highest BCUT2D eigenvalue weighted by molar-refractivity contribution is 5.97. The van der Waals surface area contributed by atoms with E-state index >= 15 is 0 Å². The highest BCUT2D eigenvalue weighted by atomic mass is 19.1. The van der Waals surface area contributed by atoms with Gasteiger partial charge in [-0.25, -0.2) is 4.39 Å². The van der Waals surface area contributed by atoms with Gasteiger partial charge in [-0.3, -0.25) is 9.59 Å². The Bertz CT molecular complexity index is 1010. The molecule has 0 aromatic heterocycles. The predicted octanol–water partition coefficient (Wildman–Crippen LogP) is 4.43. The quantitative estimate of drug-likeness (QED) is 0.586. The molecule has 0 heterocycles. The normalized spacial score (nSPS) is 11.5. The number of hydrogen-bond acceptors (Lipinski definition) is 3. The lowest BCUT2D eigenvalue weighted by Crippen LogP contribution is -2.45. The van der Waals surface area contributed by atoms with Crippen molar-refractivity contribution in [2.45, 2.75) is 25.9 Å². The van der Waals surface area contributed by atoms with Crippen molar-refractivity contribution >= 4 is 17.5 Å². The van der Waals surface area contributed by atoms with E-state index in [2.05, 4.69) is 5.32 Å². The number of ether oxygens (including phenoxy) is 1. The van der Waals surface area contributed by atoms with Gasteiger partial charge in [-0.05, 0) is 54.4 Å². The number of amides is 2. The fraction of sp³-hybridized carbons (Fsp3) is 0.200. The molecule has 1 atom stereocenters. The molecule has 0 spiro atoms. The monoisotopic (exact) mass is 420 g/mol. The number of anilines is 1. The van der Waals surface area contributed by atoms with Crippen LogP contribution in [0, 0.1) is 5.82 Å². The molecule has 1 N–H and O–H groups in total. The number of methoxy groups -OCH3 is 1. The molecule has 0 aliphatic rings. The molecule has 2 amide bonds. The van der Waals surface area contributed by atoms with Gasteiger partial charge in [0.05, 0.1) is 13.5 Å². The van der Waals surface area contributed by atoms with Crippen LogP contribution >= 0.6 is 0 Å². The second-order valence-electron chi connectivity index (χ2n) is 7.20. The number of halogens is 1. The van der Waals surface area contributed by atoms with E-state index in [9.17, 15) is 14.0 Å². The lowest BCUT2D eigenvalue weighted by atomic mass is 10.1. The SMILES string of the molecule is COc1ccc(NC(=O)C(C)N(Cc2ccc(F)cc2)C(=O)Cc2ccccc2)cc1. The smallest absolute Gasteiger partial charge is 0.246 e. The Kier molecular flexibility index (Phi) is 7.38. The van der Waals surface area contributed by atoms with Crippen molar-refractivity contribution in [1.82, 2.24) is 4.90 Å². The molecule has 0 fully saturated rings. The van der Waals surface area contributed by atoms with Gasteiger partial charge in [0.15, 0.2) is 0 Å². The molecule has 0 aliphatic heterocycles. The Hall–Kier alpha value is -3.67. The second kappa shape index (κ2) is 10.4. The summed E-state index contributed by atoms with van der Waals surface area (Å²) in [6, 6.07) is 21.5. The van der Waals surface area contributed by atoms with Crippen LogP contribution in [0.15, 0.2) is 78.9 Å². The van der Waals surface area contributed by atoms with Crippen molar-refractivity contribution in [2.75, 3.05) is 12.4 Å². The minimum absolute atomic E-state index is 0.169. The third kappa shape index (κ3) is 6.15. The lowest BCUT2D eigenvalue weighted by molar-refractivity contribution is -0.138. The van der Waals surface area contributed by atoms with Crippen LogP contribution in [0.25, 0.3) is 0 Å². The predicted molar refractivity (Wildman–Crippen MR) is 118 cm³/mol. The molecule has 3 rings (SSSR count). The van der Waals surface area contributed by atoms with E-state index in [-0.39, 0.29) is 30.6 Å². The summed E-state index contributed by atoms with van der Waals surface area (Å²) in [5, 5.41) is 2.84. The van der Waals surface area contributed by atoms with E-state index < -0.39 is 6.04 Å². The lowest BCUT2D eigenvalue weighted by Gasteiger charge is -2.29. The third-order valence-electron chi connectivity index (χ3n) is 4.99. The van der Waals surface area contributed by atoms with Crippen LogP contribution < -0.4 is 10.1 Å². The number of nitrogens with zero attached hydrogens (tertiary/aromatic N) is 1. The zero-order valence-corrected chi connectivity index (χ0v) is 17.5. The van der Waals surface area contributed by atoms with Crippen molar-refractivity contribution in [3.63, 3.8) is 0 Å². The van der Waals surface area contributed by atoms with E-state index in [0.717, 1.165) is 11.1 Å². The second-order valence-corrected chi connectivity index (χ2v) is 7.20. The average molecular weight is 420 g/mol. The summed E-state index contributed by atoms with van der Waals surface area (Å²) in [7, 11) is 1.57. The van der Waals surface area contributed by atoms with Gasteiger partial charge in [-0.2, -0.15) is 0 Å². The van der Waals surface area contributed by atoms with Gasteiger partial charge >= 0.3 is 0 Å². The van der Waals surface area contributed by atoms with Crippen molar-refractivity contribution < 1.29 is 18.7 Å². The topological polar surface area (TPSA) is 58.6 Å². The first-order valence-corrected chi connectivity index (χ1v) is 9.99. The molecule has 5 nitrogen and oxygen atoms in total. The molecule has 160 valence electrons.